The van der Waals surface area contributed by atoms with E-state index in [1.807, 2.05) is 24.3 Å². The lowest BCUT2D eigenvalue weighted by molar-refractivity contribution is 1.38. The number of hydrogen-bond donors (Lipinski definition) is 1. The van der Waals surface area contributed by atoms with Crippen LogP contribution in [0.5, 0.6) is 0 Å². The number of benzene rings is 1. The molecule has 1 N–H and O–H groups in total. The third-order valence-corrected chi connectivity index (χ3v) is 1.09. The second-order valence-corrected chi connectivity index (χ2v) is 1.83. The molecule has 49 valence electrons. The number of terminal acetylenes is 1. The summed E-state index contributed by atoms with van der Waals surface area (Å²) in [6, 6.07) is 10.6. The van der Waals surface area contributed by atoms with Crippen LogP contribution in [0, 0.1) is 18.4 Å². The summed E-state index contributed by atoms with van der Waals surface area (Å²) in [6.45, 7) is 0.556. The SMILES string of the molecule is C#CCNc1[c]cccc1. The molecule has 0 saturated carbocycles. The minimum atomic E-state index is 0.556. The van der Waals surface area contributed by atoms with Crippen LogP contribution in [0.3, 0.4) is 0 Å². The van der Waals surface area contributed by atoms with E-state index in [0.717, 1.165) is 5.69 Å². The van der Waals surface area contributed by atoms with E-state index in [2.05, 4.69) is 17.3 Å². The summed E-state index contributed by atoms with van der Waals surface area (Å²) in [6.07, 6.45) is 5.05. The average Bonchev–Trinajstić information content (AvgIpc) is 2.03. The van der Waals surface area contributed by atoms with E-state index in [1.54, 1.807) is 0 Å². The molecule has 1 aromatic carbocycles. The van der Waals surface area contributed by atoms with Gasteiger partial charge in [-0.3, -0.25) is 0 Å². The molecule has 0 bridgehead atoms. The summed E-state index contributed by atoms with van der Waals surface area (Å²) in [4.78, 5) is 0. The predicted molar refractivity (Wildman–Crippen MR) is 42.6 cm³/mol. The van der Waals surface area contributed by atoms with Crippen molar-refractivity contribution in [1.29, 1.82) is 0 Å². The van der Waals surface area contributed by atoms with Gasteiger partial charge in [-0.25, -0.2) is 0 Å². The molecular weight excluding hydrogens is 122 g/mol. The molecule has 1 heteroatoms. The van der Waals surface area contributed by atoms with Gasteiger partial charge in [0.1, 0.15) is 0 Å². The predicted octanol–water partition coefficient (Wildman–Crippen LogP) is 1.53. The number of rotatable bonds is 2. The molecule has 0 atom stereocenters. The van der Waals surface area contributed by atoms with Crippen LogP contribution < -0.4 is 5.32 Å². The molecule has 10 heavy (non-hydrogen) atoms. The normalized spacial score (nSPS) is 8.30. The number of anilines is 1. The quantitative estimate of drug-likeness (QED) is 0.599. The van der Waals surface area contributed by atoms with Gasteiger partial charge in [0.2, 0.25) is 0 Å². The summed E-state index contributed by atoms with van der Waals surface area (Å²) < 4.78 is 0. The molecule has 0 aliphatic rings. The highest BCUT2D eigenvalue weighted by molar-refractivity contribution is 5.41. The smallest absolute Gasteiger partial charge is 0.0763 e. The van der Waals surface area contributed by atoms with Gasteiger partial charge in [0.15, 0.2) is 0 Å². The lowest BCUT2D eigenvalue weighted by Gasteiger charge is -1.98. The van der Waals surface area contributed by atoms with Gasteiger partial charge in [-0.2, -0.15) is 0 Å². The van der Waals surface area contributed by atoms with Crippen molar-refractivity contribution in [3.63, 3.8) is 0 Å². The number of hydrogen-bond acceptors (Lipinski definition) is 1. The molecule has 0 aliphatic heterocycles. The fraction of sp³-hybridized carbons (Fsp3) is 0.111. The maximum atomic E-state index is 5.05. The Bertz CT molecular complexity index is 220. The van der Waals surface area contributed by atoms with Crippen molar-refractivity contribution in [3.8, 4) is 12.3 Å². The Morgan fingerprint density at radius 1 is 1.60 bits per heavy atom. The molecule has 1 radical (unpaired) electrons. The van der Waals surface area contributed by atoms with Crippen LogP contribution >= 0.6 is 0 Å². The second-order valence-electron chi connectivity index (χ2n) is 1.83. The maximum absolute atomic E-state index is 5.05. The van der Waals surface area contributed by atoms with Crippen molar-refractivity contribution in [2.24, 2.45) is 0 Å². The zero-order chi connectivity index (χ0) is 7.23. The topological polar surface area (TPSA) is 12.0 Å². The number of para-hydroxylation sites is 1. The van der Waals surface area contributed by atoms with Crippen LogP contribution in [-0.2, 0) is 0 Å². The van der Waals surface area contributed by atoms with E-state index in [1.165, 1.54) is 0 Å². The van der Waals surface area contributed by atoms with E-state index < -0.39 is 0 Å². The monoisotopic (exact) mass is 130 g/mol. The fourth-order valence-electron chi connectivity index (χ4n) is 0.650. The van der Waals surface area contributed by atoms with E-state index in [9.17, 15) is 0 Å². The fourth-order valence-corrected chi connectivity index (χ4v) is 0.650. The minimum Gasteiger partial charge on any atom is -0.374 e. The molecule has 0 spiro atoms. The van der Waals surface area contributed by atoms with Crippen molar-refractivity contribution in [3.05, 3.63) is 30.3 Å². The Hall–Kier alpha value is -1.42. The Balaban J connectivity index is 2.52. The highest BCUT2D eigenvalue weighted by Gasteiger charge is 1.83. The lowest BCUT2D eigenvalue weighted by Crippen LogP contribution is -1.97. The third kappa shape index (κ3) is 1.83. The van der Waals surface area contributed by atoms with Gasteiger partial charge in [-0.1, -0.05) is 24.1 Å². The van der Waals surface area contributed by atoms with Crippen molar-refractivity contribution >= 4 is 5.69 Å². The van der Waals surface area contributed by atoms with Gasteiger partial charge >= 0.3 is 0 Å². The van der Waals surface area contributed by atoms with Crippen molar-refractivity contribution in [2.45, 2.75) is 0 Å². The highest BCUT2D eigenvalue weighted by Crippen LogP contribution is 2.01. The van der Waals surface area contributed by atoms with Crippen molar-refractivity contribution in [1.82, 2.24) is 0 Å². The molecule has 0 fully saturated rings. The van der Waals surface area contributed by atoms with Crippen LogP contribution in [0.4, 0.5) is 5.69 Å². The third-order valence-electron chi connectivity index (χ3n) is 1.09. The summed E-state index contributed by atoms with van der Waals surface area (Å²) in [5.41, 5.74) is 0.945. The molecule has 1 aromatic rings. The summed E-state index contributed by atoms with van der Waals surface area (Å²) in [5, 5.41) is 3.00. The molecule has 0 amide bonds. The maximum Gasteiger partial charge on any atom is 0.0763 e. The summed E-state index contributed by atoms with van der Waals surface area (Å²) in [7, 11) is 0. The van der Waals surface area contributed by atoms with Crippen molar-refractivity contribution < 1.29 is 0 Å². The molecular formula is C9H8N. The first-order valence-electron chi connectivity index (χ1n) is 3.07. The molecule has 1 nitrogen and oxygen atoms in total. The first-order valence-corrected chi connectivity index (χ1v) is 3.07. The van der Waals surface area contributed by atoms with E-state index in [0.29, 0.717) is 6.54 Å². The Kier molecular flexibility index (Phi) is 2.39. The Morgan fingerprint density at radius 3 is 3.10 bits per heavy atom. The first-order chi connectivity index (χ1) is 4.93. The van der Waals surface area contributed by atoms with Crippen LogP contribution in [0.2, 0.25) is 0 Å². The van der Waals surface area contributed by atoms with Crippen LogP contribution in [0.1, 0.15) is 0 Å². The van der Waals surface area contributed by atoms with Crippen LogP contribution in [-0.4, -0.2) is 6.54 Å². The Morgan fingerprint density at radius 2 is 2.50 bits per heavy atom. The molecule has 0 aromatic heterocycles. The van der Waals surface area contributed by atoms with Crippen LogP contribution in [0.25, 0.3) is 0 Å². The molecule has 0 saturated heterocycles. The average molecular weight is 130 g/mol. The van der Waals surface area contributed by atoms with Gasteiger partial charge in [-0.05, 0) is 6.07 Å². The lowest BCUT2D eigenvalue weighted by atomic mass is 10.3. The molecule has 0 unspecified atom stereocenters. The van der Waals surface area contributed by atoms with Crippen LogP contribution in [0.15, 0.2) is 24.3 Å². The summed E-state index contributed by atoms with van der Waals surface area (Å²) >= 11 is 0. The first kappa shape index (κ1) is 6.70. The van der Waals surface area contributed by atoms with Gasteiger partial charge in [-0.15, -0.1) is 6.42 Å². The van der Waals surface area contributed by atoms with E-state index in [-0.39, 0.29) is 0 Å². The standard InChI is InChI=1S/C9H8N/c1-2-8-10-9-6-4-3-5-7-9/h1,3-6,10H,8H2. The highest BCUT2D eigenvalue weighted by atomic mass is 14.8. The molecule has 0 aliphatic carbocycles. The minimum absolute atomic E-state index is 0.556. The second kappa shape index (κ2) is 3.58. The van der Waals surface area contributed by atoms with E-state index in [4.69, 9.17) is 6.42 Å². The molecule has 1 rings (SSSR count). The molecule has 0 heterocycles. The Labute approximate surface area is 61.1 Å². The van der Waals surface area contributed by atoms with Gasteiger partial charge in [0, 0.05) is 11.8 Å². The zero-order valence-electron chi connectivity index (χ0n) is 5.59. The van der Waals surface area contributed by atoms with Crippen molar-refractivity contribution in [2.75, 3.05) is 11.9 Å². The van der Waals surface area contributed by atoms with Gasteiger partial charge in [0.25, 0.3) is 0 Å². The number of nitrogens with one attached hydrogen (secondary N) is 1. The van der Waals surface area contributed by atoms with Gasteiger partial charge in [0.05, 0.1) is 6.54 Å². The zero-order valence-corrected chi connectivity index (χ0v) is 5.59. The largest absolute Gasteiger partial charge is 0.374 e. The van der Waals surface area contributed by atoms with E-state index >= 15 is 0 Å². The summed E-state index contributed by atoms with van der Waals surface area (Å²) in [5.74, 6) is 2.49. The van der Waals surface area contributed by atoms with Gasteiger partial charge < -0.3 is 5.32 Å².